The van der Waals surface area contributed by atoms with E-state index in [1.54, 1.807) is 18.5 Å². The van der Waals surface area contributed by atoms with Crippen LogP contribution in [0.4, 0.5) is 5.69 Å². The number of nitrogens with two attached hydrogens (primary N) is 1. The molecule has 0 amide bonds. The first-order valence-electron chi connectivity index (χ1n) is 5.11. The van der Waals surface area contributed by atoms with E-state index in [0.29, 0.717) is 23.9 Å². The molecular weight excluding hydrogens is 282 g/mol. The third-order valence-electron chi connectivity index (χ3n) is 2.23. The molecule has 0 saturated heterocycles. The zero-order chi connectivity index (χ0) is 12.3. The monoisotopic (exact) mass is 293 g/mol. The van der Waals surface area contributed by atoms with Crippen LogP contribution in [0, 0.1) is 6.92 Å². The Hall–Kier alpha value is -1.62. The second kappa shape index (κ2) is 5.14. The van der Waals surface area contributed by atoms with E-state index in [-0.39, 0.29) is 0 Å². The Balaban J connectivity index is 2.15. The van der Waals surface area contributed by atoms with Gasteiger partial charge in [-0.2, -0.15) is 0 Å². The SMILES string of the molecule is Cc1cc(Br)cc(N)c1OCc1ncccn1. The highest BCUT2D eigenvalue weighted by atomic mass is 79.9. The first-order valence-corrected chi connectivity index (χ1v) is 5.90. The summed E-state index contributed by atoms with van der Waals surface area (Å²) in [5.41, 5.74) is 7.47. The number of rotatable bonds is 3. The van der Waals surface area contributed by atoms with Crippen molar-refractivity contribution in [3.8, 4) is 5.75 Å². The topological polar surface area (TPSA) is 61.0 Å². The normalized spacial score (nSPS) is 10.2. The predicted molar refractivity (Wildman–Crippen MR) is 69.7 cm³/mol. The maximum atomic E-state index is 5.89. The molecule has 0 fully saturated rings. The summed E-state index contributed by atoms with van der Waals surface area (Å²) in [7, 11) is 0. The Morgan fingerprint density at radius 2 is 2.00 bits per heavy atom. The smallest absolute Gasteiger partial charge is 0.166 e. The molecule has 2 aromatic rings. The summed E-state index contributed by atoms with van der Waals surface area (Å²) < 4.78 is 6.58. The fraction of sp³-hybridized carbons (Fsp3) is 0.167. The lowest BCUT2D eigenvalue weighted by Crippen LogP contribution is -2.03. The summed E-state index contributed by atoms with van der Waals surface area (Å²) >= 11 is 3.38. The van der Waals surface area contributed by atoms with Crippen molar-refractivity contribution in [2.45, 2.75) is 13.5 Å². The van der Waals surface area contributed by atoms with Gasteiger partial charge in [0.05, 0.1) is 5.69 Å². The largest absolute Gasteiger partial charge is 0.483 e. The molecular formula is C12H12BrN3O. The lowest BCUT2D eigenvalue weighted by atomic mass is 10.2. The van der Waals surface area contributed by atoms with E-state index in [9.17, 15) is 0 Å². The number of hydrogen-bond acceptors (Lipinski definition) is 4. The van der Waals surface area contributed by atoms with Gasteiger partial charge in [0, 0.05) is 16.9 Å². The highest BCUT2D eigenvalue weighted by Gasteiger charge is 2.07. The van der Waals surface area contributed by atoms with Crippen LogP contribution in [0.2, 0.25) is 0 Å². The van der Waals surface area contributed by atoms with Gasteiger partial charge >= 0.3 is 0 Å². The molecule has 0 aliphatic carbocycles. The molecule has 4 nitrogen and oxygen atoms in total. The van der Waals surface area contributed by atoms with E-state index in [4.69, 9.17) is 10.5 Å². The number of aryl methyl sites for hydroxylation is 1. The lowest BCUT2D eigenvalue weighted by Gasteiger charge is -2.11. The van der Waals surface area contributed by atoms with Gasteiger partial charge in [-0.15, -0.1) is 0 Å². The van der Waals surface area contributed by atoms with E-state index >= 15 is 0 Å². The number of nitrogens with zero attached hydrogens (tertiary/aromatic N) is 2. The lowest BCUT2D eigenvalue weighted by molar-refractivity contribution is 0.295. The number of halogens is 1. The van der Waals surface area contributed by atoms with E-state index in [1.165, 1.54) is 0 Å². The Morgan fingerprint density at radius 1 is 1.29 bits per heavy atom. The molecule has 0 aliphatic rings. The first kappa shape index (κ1) is 11.9. The highest BCUT2D eigenvalue weighted by Crippen LogP contribution is 2.30. The summed E-state index contributed by atoms with van der Waals surface area (Å²) in [6, 6.07) is 5.54. The first-order chi connectivity index (χ1) is 8.16. The van der Waals surface area contributed by atoms with Gasteiger partial charge in [-0.05, 0) is 30.7 Å². The van der Waals surface area contributed by atoms with Gasteiger partial charge in [0.25, 0.3) is 0 Å². The number of ether oxygens (including phenoxy) is 1. The summed E-state index contributed by atoms with van der Waals surface area (Å²) in [5, 5.41) is 0. The summed E-state index contributed by atoms with van der Waals surface area (Å²) in [6.45, 7) is 2.26. The van der Waals surface area contributed by atoms with Crippen molar-refractivity contribution in [1.82, 2.24) is 9.97 Å². The average molecular weight is 294 g/mol. The fourth-order valence-corrected chi connectivity index (χ4v) is 2.08. The maximum Gasteiger partial charge on any atom is 0.166 e. The highest BCUT2D eigenvalue weighted by molar-refractivity contribution is 9.10. The van der Waals surface area contributed by atoms with Crippen molar-refractivity contribution in [2.24, 2.45) is 0 Å². The van der Waals surface area contributed by atoms with Crippen molar-refractivity contribution in [3.05, 3.63) is 46.5 Å². The van der Waals surface area contributed by atoms with Gasteiger partial charge in [-0.1, -0.05) is 15.9 Å². The van der Waals surface area contributed by atoms with Gasteiger partial charge in [0.2, 0.25) is 0 Å². The minimum absolute atomic E-state index is 0.313. The quantitative estimate of drug-likeness (QED) is 0.884. The molecule has 0 unspecified atom stereocenters. The van der Waals surface area contributed by atoms with E-state index < -0.39 is 0 Å². The van der Waals surface area contributed by atoms with Crippen LogP contribution in [0.25, 0.3) is 0 Å². The third-order valence-corrected chi connectivity index (χ3v) is 2.69. The molecule has 0 atom stereocenters. The zero-order valence-electron chi connectivity index (χ0n) is 9.35. The van der Waals surface area contributed by atoms with Gasteiger partial charge < -0.3 is 10.5 Å². The van der Waals surface area contributed by atoms with Crippen LogP contribution in [0.5, 0.6) is 5.75 Å². The van der Waals surface area contributed by atoms with Crippen LogP contribution in [-0.4, -0.2) is 9.97 Å². The standard InChI is InChI=1S/C12H12BrN3O/c1-8-5-9(13)6-10(14)12(8)17-7-11-15-3-2-4-16-11/h2-6H,7,14H2,1H3. The second-order valence-electron chi connectivity index (χ2n) is 3.59. The number of benzene rings is 1. The zero-order valence-corrected chi connectivity index (χ0v) is 10.9. The molecule has 0 bridgehead atoms. The fourth-order valence-electron chi connectivity index (χ4n) is 1.49. The molecule has 1 aromatic heterocycles. The summed E-state index contributed by atoms with van der Waals surface area (Å²) in [6.07, 6.45) is 3.37. The molecule has 0 aliphatic heterocycles. The maximum absolute atomic E-state index is 5.89. The van der Waals surface area contributed by atoms with Crippen LogP contribution in [0.1, 0.15) is 11.4 Å². The van der Waals surface area contributed by atoms with Crippen LogP contribution in [0.3, 0.4) is 0 Å². The van der Waals surface area contributed by atoms with Crippen LogP contribution >= 0.6 is 15.9 Å². The van der Waals surface area contributed by atoms with Gasteiger partial charge in [0.1, 0.15) is 12.4 Å². The Morgan fingerprint density at radius 3 is 2.65 bits per heavy atom. The molecule has 1 heterocycles. The van der Waals surface area contributed by atoms with Gasteiger partial charge in [0.15, 0.2) is 5.82 Å². The van der Waals surface area contributed by atoms with Crippen LogP contribution in [-0.2, 0) is 6.61 Å². The van der Waals surface area contributed by atoms with Crippen molar-refractivity contribution >= 4 is 21.6 Å². The van der Waals surface area contributed by atoms with Gasteiger partial charge in [-0.3, -0.25) is 0 Å². The Kier molecular flexibility index (Phi) is 3.58. The number of nitrogen functional groups attached to an aromatic ring is 1. The molecule has 0 saturated carbocycles. The molecule has 0 spiro atoms. The minimum Gasteiger partial charge on any atom is -0.483 e. The van der Waals surface area contributed by atoms with E-state index in [2.05, 4.69) is 25.9 Å². The summed E-state index contributed by atoms with van der Waals surface area (Å²) in [4.78, 5) is 8.17. The minimum atomic E-state index is 0.313. The Bertz CT molecular complexity index is 493. The van der Waals surface area contributed by atoms with Crippen molar-refractivity contribution in [1.29, 1.82) is 0 Å². The molecule has 0 radical (unpaired) electrons. The predicted octanol–water partition coefficient (Wildman–Crippen LogP) is 2.71. The van der Waals surface area contributed by atoms with Crippen molar-refractivity contribution in [3.63, 3.8) is 0 Å². The summed E-state index contributed by atoms with van der Waals surface area (Å²) in [5.74, 6) is 1.31. The average Bonchev–Trinajstić information content (AvgIpc) is 2.29. The molecule has 2 rings (SSSR count). The van der Waals surface area contributed by atoms with Crippen LogP contribution in [0.15, 0.2) is 35.1 Å². The van der Waals surface area contributed by atoms with Crippen LogP contribution < -0.4 is 10.5 Å². The number of anilines is 1. The Labute approximate surface area is 108 Å². The molecule has 17 heavy (non-hydrogen) atoms. The van der Waals surface area contributed by atoms with E-state index in [0.717, 1.165) is 10.0 Å². The van der Waals surface area contributed by atoms with Crippen molar-refractivity contribution < 1.29 is 4.74 Å². The van der Waals surface area contributed by atoms with Crippen molar-refractivity contribution in [2.75, 3.05) is 5.73 Å². The van der Waals surface area contributed by atoms with E-state index in [1.807, 2.05) is 19.1 Å². The number of aromatic nitrogens is 2. The molecule has 88 valence electrons. The molecule has 1 aromatic carbocycles. The van der Waals surface area contributed by atoms with Gasteiger partial charge in [-0.25, -0.2) is 9.97 Å². The third kappa shape index (κ3) is 2.94. The second-order valence-corrected chi connectivity index (χ2v) is 4.51. The number of hydrogen-bond donors (Lipinski definition) is 1. The molecule has 2 N–H and O–H groups in total. The molecule has 5 heteroatoms.